The van der Waals surface area contributed by atoms with E-state index in [1.165, 1.54) is 0 Å². The highest BCUT2D eigenvalue weighted by Gasteiger charge is 2.15. The third-order valence-electron chi connectivity index (χ3n) is 2.08. The van der Waals surface area contributed by atoms with Gasteiger partial charge in [0.05, 0.1) is 4.92 Å². The van der Waals surface area contributed by atoms with Crippen LogP contribution in [0.3, 0.4) is 0 Å². The molecule has 0 aliphatic heterocycles. The van der Waals surface area contributed by atoms with Gasteiger partial charge in [0.15, 0.2) is 5.75 Å². The molecule has 0 aliphatic carbocycles. The lowest BCUT2D eigenvalue weighted by Crippen LogP contribution is -2.21. The molecule has 0 fully saturated rings. The Bertz CT molecular complexity index is 385. The van der Waals surface area contributed by atoms with Gasteiger partial charge in [-0.1, -0.05) is 6.92 Å². The van der Waals surface area contributed by atoms with E-state index in [2.05, 4.69) is 5.32 Å². The summed E-state index contributed by atoms with van der Waals surface area (Å²) in [5.41, 5.74) is -0.220. The Kier molecular flexibility index (Phi) is 5.35. The van der Waals surface area contributed by atoms with Crippen LogP contribution < -0.4 is 10.1 Å². The van der Waals surface area contributed by atoms with E-state index in [-0.39, 0.29) is 18.0 Å². The first kappa shape index (κ1) is 13.4. The minimum Gasteiger partial charge on any atom is -0.485 e. The Hall–Kier alpha value is -1.69. The second kappa shape index (κ2) is 6.80. The third kappa shape index (κ3) is 4.36. The SMILES string of the molecule is CCCNCCOc1cc(F)ccc1[N+](=O)[O-]. The topological polar surface area (TPSA) is 64.4 Å². The Morgan fingerprint density at radius 3 is 2.88 bits per heavy atom. The molecule has 0 atom stereocenters. The van der Waals surface area contributed by atoms with Crippen molar-refractivity contribution in [3.63, 3.8) is 0 Å². The van der Waals surface area contributed by atoms with Crippen LogP contribution in [0.5, 0.6) is 5.75 Å². The maximum atomic E-state index is 12.9. The monoisotopic (exact) mass is 242 g/mol. The molecule has 1 rings (SSSR count). The van der Waals surface area contributed by atoms with Crippen LogP contribution in [0.15, 0.2) is 18.2 Å². The van der Waals surface area contributed by atoms with Crippen LogP contribution in [0, 0.1) is 15.9 Å². The van der Waals surface area contributed by atoms with Gasteiger partial charge in [0.2, 0.25) is 0 Å². The van der Waals surface area contributed by atoms with Crippen LogP contribution >= 0.6 is 0 Å². The van der Waals surface area contributed by atoms with Gasteiger partial charge in [-0.05, 0) is 19.0 Å². The van der Waals surface area contributed by atoms with E-state index in [9.17, 15) is 14.5 Å². The molecule has 0 saturated carbocycles. The average Bonchev–Trinajstić information content (AvgIpc) is 2.28. The highest BCUT2D eigenvalue weighted by Crippen LogP contribution is 2.27. The number of nitro benzene ring substituents is 1. The molecule has 5 nitrogen and oxygen atoms in total. The minimum absolute atomic E-state index is 0.0340. The second-order valence-corrected chi connectivity index (χ2v) is 3.47. The summed E-state index contributed by atoms with van der Waals surface area (Å²) in [6.07, 6.45) is 1.00. The number of rotatable bonds is 7. The molecular weight excluding hydrogens is 227 g/mol. The van der Waals surface area contributed by atoms with E-state index >= 15 is 0 Å². The molecule has 1 aromatic carbocycles. The minimum atomic E-state index is -0.589. The maximum absolute atomic E-state index is 12.9. The molecule has 0 aliphatic rings. The Balaban J connectivity index is 2.56. The Labute approximate surface area is 98.7 Å². The molecule has 0 aromatic heterocycles. The predicted molar refractivity (Wildman–Crippen MR) is 61.7 cm³/mol. The molecule has 6 heteroatoms. The fourth-order valence-electron chi connectivity index (χ4n) is 1.29. The van der Waals surface area contributed by atoms with Crippen LogP contribution in [0.1, 0.15) is 13.3 Å². The normalized spacial score (nSPS) is 10.2. The third-order valence-corrected chi connectivity index (χ3v) is 2.08. The van der Waals surface area contributed by atoms with E-state index in [0.29, 0.717) is 6.54 Å². The van der Waals surface area contributed by atoms with Crippen LogP contribution in [0.2, 0.25) is 0 Å². The molecule has 94 valence electrons. The highest BCUT2D eigenvalue weighted by molar-refractivity contribution is 5.46. The highest BCUT2D eigenvalue weighted by atomic mass is 19.1. The number of nitro groups is 1. The Morgan fingerprint density at radius 2 is 2.24 bits per heavy atom. The first-order valence-electron chi connectivity index (χ1n) is 5.42. The van der Waals surface area contributed by atoms with Gasteiger partial charge in [0.25, 0.3) is 0 Å². The number of nitrogens with one attached hydrogen (secondary N) is 1. The second-order valence-electron chi connectivity index (χ2n) is 3.47. The van der Waals surface area contributed by atoms with Gasteiger partial charge in [-0.25, -0.2) is 4.39 Å². The van der Waals surface area contributed by atoms with Crippen molar-refractivity contribution >= 4 is 5.69 Å². The molecule has 0 bridgehead atoms. The van der Waals surface area contributed by atoms with Crippen molar-refractivity contribution in [1.29, 1.82) is 0 Å². The van der Waals surface area contributed by atoms with Crippen LogP contribution in [0.4, 0.5) is 10.1 Å². The van der Waals surface area contributed by atoms with Crippen LogP contribution in [0.25, 0.3) is 0 Å². The molecule has 1 aromatic rings. The average molecular weight is 242 g/mol. The zero-order chi connectivity index (χ0) is 12.7. The van der Waals surface area contributed by atoms with E-state index in [1.807, 2.05) is 6.92 Å². The molecule has 1 N–H and O–H groups in total. The summed E-state index contributed by atoms with van der Waals surface area (Å²) in [5, 5.41) is 13.7. The van der Waals surface area contributed by atoms with E-state index < -0.39 is 10.7 Å². The summed E-state index contributed by atoms with van der Waals surface area (Å²) in [6, 6.07) is 3.17. The molecule has 0 unspecified atom stereocenters. The fourth-order valence-corrected chi connectivity index (χ4v) is 1.29. The van der Waals surface area contributed by atoms with Crippen molar-refractivity contribution < 1.29 is 14.1 Å². The quantitative estimate of drug-likeness (QED) is 0.452. The first-order valence-corrected chi connectivity index (χ1v) is 5.42. The van der Waals surface area contributed by atoms with Gasteiger partial charge in [-0.3, -0.25) is 10.1 Å². The van der Waals surface area contributed by atoms with Crippen LogP contribution in [-0.4, -0.2) is 24.6 Å². The fraction of sp³-hybridized carbons (Fsp3) is 0.455. The molecule has 0 spiro atoms. The van der Waals surface area contributed by atoms with Gasteiger partial charge in [-0.15, -0.1) is 0 Å². The zero-order valence-corrected chi connectivity index (χ0v) is 9.61. The molecule has 17 heavy (non-hydrogen) atoms. The van der Waals surface area contributed by atoms with E-state index in [0.717, 1.165) is 31.2 Å². The summed E-state index contributed by atoms with van der Waals surface area (Å²) in [6.45, 7) is 3.73. The van der Waals surface area contributed by atoms with Crippen molar-refractivity contribution in [2.24, 2.45) is 0 Å². The number of hydrogen-bond acceptors (Lipinski definition) is 4. The zero-order valence-electron chi connectivity index (χ0n) is 9.61. The number of nitrogens with zero attached hydrogens (tertiary/aromatic N) is 1. The van der Waals surface area contributed by atoms with Crippen molar-refractivity contribution in [1.82, 2.24) is 5.32 Å². The van der Waals surface area contributed by atoms with Crippen molar-refractivity contribution in [3.05, 3.63) is 34.1 Å². The van der Waals surface area contributed by atoms with Crippen molar-refractivity contribution in [3.8, 4) is 5.75 Å². The largest absolute Gasteiger partial charge is 0.485 e. The number of halogens is 1. The van der Waals surface area contributed by atoms with Gasteiger partial charge >= 0.3 is 5.69 Å². The molecular formula is C11H15FN2O3. The van der Waals surface area contributed by atoms with E-state index in [4.69, 9.17) is 4.74 Å². The molecule has 0 radical (unpaired) electrons. The molecule has 0 heterocycles. The van der Waals surface area contributed by atoms with Crippen molar-refractivity contribution in [2.75, 3.05) is 19.7 Å². The van der Waals surface area contributed by atoms with E-state index in [1.54, 1.807) is 0 Å². The predicted octanol–water partition coefficient (Wildman–Crippen LogP) is 2.11. The smallest absolute Gasteiger partial charge is 0.311 e. The van der Waals surface area contributed by atoms with Gasteiger partial charge in [0, 0.05) is 18.7 Å². The van der Waals surface area contributed by atoms with Gasteiger partial charge in [-0.2, -0.15) is 0 Å². The standard InChI is InChI=1S/C11H15FN2O3/c1-2-5-13-6-7-17-11-8-9(12)3-4-10(11)14(15)16/h3-4,8,13H,2,5-7H2,1H3. The van der Waals surface area contributed by atoms with Crippen LogP contribution in [-0.2, 0) is 0 Å². The lowest BCUT2D eigenvalue weighted by Gasteiger charge is -2.07. The van der Waals surface area contributed by atoms with Crippen molar-refractivity contribution in [2.45, 2.75) is 13.3 Å². The maximum Gasteiger partial charge on any atom is 0.311 e. The Morgan fingerprint density at radius 1 is 1.47 bits per heavy atom. The van der Waals surface area contributed by atoms with Gasteiger partial charge < -0.3 is 10.1 Å². The summed E-state index contributed by atoms with van der Waals surface area (Å²) < 4.78 is 18.1. The first-order chi connectivity index (χ1) is 8.15. The summed E-state index contributed by atoms with van der Waals surface area (Å²) in [7, 11) is 0. The number of benzene rings is 1. The lowest BCUT2D eigenvalue weighted by molar-refractivity contribution is -0.385. The number of ether oxygens (including phenoxy) is 1. The summed E-state index contributed by atoms with van der Waals surface area (Å²) in [5.74, 6) is -0.583. The molecule has 0 amide bonds. The van der Waals surface area contributed by atoms with Gasteiger partial charge in [0.1, 0.15) is 12.4 Å². The molecule has 0 saturated heterocycles. The number of hydrogen-bond donors (Lipinski definition) is 1. The lowest BCUT2D eigenvalue weighted by atomic mass is 10.3. The summed E-state index contributed by atoms with van der Waals surface area (Å²) >= 11 is 0. The summed E-state index contributed by atoms with van der Waals surface area (Å²) in [4.78, 5) is 10.1.